The van der Waals surface area contributed by atoms with E-state index < -0.39 is 29.7 Å². The second-order valence-corrected chi connectivity index (χ2v) is 5.65. The van der Waals surface area contributed by atoms with Gasteiger partial charge in [-0.3, -0.25) is 24.1 Å². The highest BCUT2D eigenvalue weighted by molar-refractivity contribution is 6.22. The Morgan fingerprint density at radius 1 is 1.13 bits per heavy atom. The van der Waals surface area contributed by atoms with Gasteiger partial charge in [-0.05, 0) is 18.1 Å². The molecule has 2 rings (SSSR count). The van der Waals surface area contributed by atoms with Crippen molar-refractivity contribution in [3.63, 3.8) is 0 Å². The number of hydrogen-bond donors (Lipinski definition) is 2. The lowest BCUT2D eigenvalue weighted by atomic mass is 10.0. The van der Waals surface area contributed by atoms with Gasteiger partial charge in [-0.15, -0.1) is 0 Å². The number of fused-ring (bicyclic) bond motifs is 1. The van der Waals surface area contributed by atoms with E-state index in [9.17, 15) is 19.2 Å². The summed E-state index contributed by atoms with van der Waals surface area (Å²) in [7, 11) is 0. The van der Waals surface area contributed by atoms with E-state index in [1.54, 1.807) is 38.1 Å². The Balaban J connectivity index is 2.22. The number of imide groups is 1. The molecule has 1 aliphatic heterocycles. The molecule has 3 amide bonds. The van der Waals surface area contributed by atoms with Crippen molar-refractivity contribution in [3.05, 3.63) is 35.4 Å². The number of aliphatic carboxylic acids is 1. The van der Waals surface area contributed by atoms with Crippen LogP contribution in [0, 0.1) is 5.92 Å². The number of nitrogens with zero attached hydrogens (tertiary/aromatic N) is 1. The number of benzene rings is 1. The molecule has 0 bridgehead atoms. The summed E-state index contributed by atoms with van der Waals surface area (Å²) in [5, 5.41) is 11.1. The van der Waals surface area contributed by atoms with E-state index in [1.807, 2.05) is 0 Å². The van der Waals surface area contributed by atoms with Gasteiger partial charge >= 0.3 is 5.97 Å². The van der Waals surface area contributed by atoms with E-state index in [1.165, 1.54) is 0 Å². The maximum absolute atomic E-state index is 12.5. The van der Waals surface area contributed by atoms with Gasteiger partial charge in [-0.25, -0.2) is 0 Å². The van der Waals surface area contributed by atoms with Crippen LogP contribution in [0.4, 0.5) is 0 Å². The Hall–Kier alpha value is -2.70. The number of carbonyl (C=O) groups excluding carboxylic acids is 3. The van der Waals surface area contributed by atoms with Crippen LogP contribution in [-0.2, 0) is 9.59 Å². The molecular weight excluding hydrogens is 300 g/mol. The smallest absolute Gasteiger partial charge is 0.305 e. The highest BCUT2D eigenvalue weighted by Gasteiger charge is 2.43. The maximum Gasteiger partial charge on any atom is 0.305 e. The number of rotatable bonds is 6. The van der Waals surface area contributed by atoms with E-state index >= 15 is 0 Å². The van der Waals surface area contributed by atoms with Gasteiger partial charge in [0.1, 0.15) is 6.04 Å². The lowest BCUT2D eigenvalue weighted by Gasteiger charge is -2.28. The van der Waals surface area contributed by atoms with Gasteiger partial charge < -0.3 is 10.4 Å². The molecule has 23 heavy (non-hydrogen) atoms. The molecular formula is C16H18N2O5. The summed E-state index contributed by atoms with van der Waals surface area (Å²) in [5.74, 6) is -2.87. The number of carbonyl (C=O) groups is 4. The Morgan fingerprint density at radius 2 is 1.65 bits per heavy atom. The predicted octanol–water partition coefficient (Wildman–Crippen LogP) is 0.898. The third-order valence-corrected chi connectivity index (χ3v) is 3.64. The molecule has 1 aliphatic rings. The van der Waals surface area contributed by atoms with E-state index in [2.05, 4.69) is 5.32 Å². The Bertz CT molecular complexity index is 633. The molecule has 0 saturated carbocycles. The van der Waals surface area contributed by atoms with E-state index in [0.29, 0.717) is 0 Å². The van der Waals surface area contributed by atoms with Gasteiger partial charge in [0.25, 0.3) is 11.8 Å². The summed E-state index contributed by atoms with van der Waals surface area (Å²) < 4.78 is 0. The first kappa shape index (κ1) is 16.7. The highest BCUT2D eigenvalue weighted by Crippen LogP contribution is 2.27. The second kappa shape index (κ2) is 6.60. The topological polar surface area (TPSA) is 104 Å². The fourth-order valence-electron chi connectivity index (χ4n) is 2.58. The van der Waals surface area contributed by atoms with Crippen LogP contribution in [0.2, 0.25) is 0 Å². The van der Waals surface area contributed by atoms with Crippen molar-refractivity contribution >= 4 is 23.7 Å². The SMILES string of the molecule is CC(C)C(C(=O)NCCC(=O)O)N1C(=O)c2ccccc2C1=O. The highest BCUT2D eigenvalue weighted by atomic mass is 16.4. The van der Waals surface area contributed by atoms with Crippen LogP contribution in [0.15, 0.2) is 24.3 Å². The minimum atomic E-state index is -1.04. The number of amides is 3. The Morgan fingerprint density at radius 3 is 2.09 bits per heavy atom. The average molecular weight is 318 g/mol. The average Bonchev–Trinajstić information content (AvgIpc) is 2.73. The zero-order valence-electron chi connectivity index (χ0n) is 12.9. The minimum Gasteiger partial charge on any atom is -0.481 e. The molecule has 0 saturated heterocycles. The lowest BCUT2D eigenvalue weighted by molar-refractivity contribution is -0.137. The normalized spacial score (nSPS) is 14.8. The third kappa shape index (κ3) is 3.23. The summed E-state index contributed by atoms with van der Waals surface area (Å²) in [6, 6.07) is 5.44. The van der Waals surface area contributed by atoms with Crippen molar-refractivity contribution in [2.45, 2.75) is 26.3 Å². The molecule has 1 aromatic carbocycles. The molecule has 122 valence electrons. The summed E-state index contributed by atoms with van der Waals surface area (Å²) >= 11 is 0. The monoisotopic (exact) mass is 318 g/mol. The maximum atomic E-state index is 12.5. The molecule has 0 radical (unpaired) electrons. The number of hydrogen-bond acceptors (Lipinski definition) is 4. The largest absolute Gasteiger partial charge is 0.481 e. The fourth-order valence-corrected chi connectivity index (χ4v) is 2.58. The van der Waals surface area contributed by atoms with Crippen molar-refractivity contribution in [2.75, 3.05) is 6.54 Å². The lowest BCUT2D eigenvalue weighted by Crippen LogP contribution is -2.52. The van der Waals surface area contributed by atoms with E-state index in [0.717, 1.165) is 4.90 Å². The van der Waals surface area contributed by atoms with Crippen LogP contribution in [-0.4, -0.2) is 46.3 Å². The van der Waals surface area contributed by atoms with Crippen LogP contribution >= 0.6 is 0 Å². The zero-order valence-corrected chi connectivity index (χ0v) is 12.9. The van der Waals surface area contributed by atoms with Crippen LogP contribution in [0.25, 0.3) is 0 Å². The van der Waals surface area contributed by atoms with Gasteiger partial charge in [-0.2, -0.15) is 0 Å². The summed E-state index contributed by atoms with van der Waals surface area (Å²) in [5.41, 5.74) is 0.558. The van der Waals surface area contributed by atoms with Gasteiger partial charge in [0.2, 0.25) is 5.91 Å². The second-order valence-electron chi connectivity index (χ2n) is 5.65. The molecule has 1 aromatic rings. The minimum absolute atomic E-state index is 0.0550. The van der Waals surface area contributed by atoms with Crippen molar-refractivity contribution in [1.29, 1.82) is 0 Å². The summed E-state index contributed by atoms with van der Waals surface area (Å²) in [6.45, 7) is 3.40. The van der Waals surface area contributed by atoms with Crippen LogP contribution in [0.3, 0.4) is 0 Å². The van der Waals surface area contributed by atoms with E-state index in [4.69, 9.17) is 5.11 Å². The van der Waals surface area contributed by atoms with Crippen LogP contribution < -0.4 is 5.32 Å². The molecule has 0 fully saturated rings. The standard InChI is InChI=1S/C16H18N2O5/c1-9(2)13(14(21)17-8-7-12(19)20)18-15(22)10-5-3-4-6-11(10)16(18)23/h3-6,9,13H,7-8H2,1-2H3,(H,17,21)(H,19,20). The first-order chi connectivity index (χ1) is 10.8. The molecule has 1 heterocycles. The van der Waals surface area contributed by atoms with Crippen LogP contribution in [0.1, 0.15) is 41.0 Å². The first-order valence-electron chi connectivity index (χ1n) is 7.31. The summed E-state index contributed by atoms with van der Waals surface area (Å²) in [4.78, 5) is 48.8. The van der Waals surface area contributed by atoms with Crippen molar-refractivity contribution < 1.29 is 24.3 Å². The molecule has 7 nitrogen and oxygen atoms in total. The van der Waals surface area contributed by atoms with Gasteiger partial charge in [0.15, 0.2) is 0 Å². The van der Waals surface area contributed by atoms with Crippen molar-refractivity contribution in [1.82, 2.24) is 10.2 Å². The van der Waals surface area contributed by atoms with Gasteiger partial charge in [0.05, 0.1) is 17.5 Å². The van der Waals surface area contributed by atoms with Crippen LogP contribution in [0.5, 0.6) is 0 Å². The molecule has 0 spiro atoms. The number of carboxylic acids is 1. The van der Waals surface area contributed by atoms with Gasteiger partial charge in [-0.1, -0.05) is 26.0 Å². The first-order valence-corrected chi connectivity index (χ1v) is 7.31. The quantitative estimate of drug-likeness (QED) is 0.758. The third-order valence-electron chi connectivity index (χ3n) is 3.64. The molecule has 1 unspecified atom stereocenters. The van der Waals surface area contributed by atoms with Crippen molar-refractivity contribution in [3.8, 4) is 0 Å². The Kier molecular flexibility index (Phi) is 4.78. The predicted molar refractivity (Wildman–Crippen MR) is 80.8 cm³/mol. The fraction of sp³-hybridized carbons (Fsp3) is 0.375. The molecule has 7 heteroatoms. The molecule has 2 N–H and O–H groups in total. The molecule has 1 atom stereocenters. The van der Waals surface area contributed by atoms with E-state index in [-0.39, 0.29) is 30.0 Å². The molecule has 0 aromatic heterocycles. The van der Waals surface area contributed by atoms with Gasteiger partial charge in [0, 0.05) is 6.54 Å². The Labute approximate surface area is 133 Å². The zero-order chi connectivity index (χ0) is 17.1. The number of carboxylic acid groups (broad SMARTS) is 1. The molecule has 0 aliphatic carbocycles. The summed E-state index contributed by atoms with van der Waals surface area (Å²) in [6.07, 6.45) is -0.224. The van der Waals surface area contributed by atoms with Crippen molar-refractivity contribution in [2.24, 2.45) is 5.92 Å². The number of nitrogens with one attached hydrogen (secondary N) is 1.